The molecule has 0 spiro atoms. The summed E-state index contributed by atoms with van der Waals surface area (Å²) in [6.45, 7) is 0. The molecule has 0 N–H and O–H groups in total. The summed E-state index contributed by atoms with van der Waals surface area (Å²) in [6, 6.07) is 5.53. The first-order chi connectivity index (χ1) is 8.88. The number of hydrogen-bond acceptors (Lipinski definition) is 7. The molecule has 0 atom stereocenters. The van der Waals surface area contributed by atoms with Crippen molar-refractivity contribution in [3.8, 4) is 5.75 Å². The Balaban J connectivity index is 2.35. The van der Waals surface area contributed by atoms with Crippen LogP contribution in [0.5, 0.6) is 5.75 Å². The molecule has 0 saturated carbocycles. The first-order valence-corrected chi connectivity index (χ1v) is 5.14. The lowest BCUT2D eigenvalue weighted by molar-refractivity contribution is 0.415. The zero-order valence-electron chi connectivity index (χ0n) is 9.22. The summed E-state index contributed by atoms with van der Waals surface area (Å²) in [6.07, 6.45) is 0. The Bertz CT molecular complexity index is 878. The van der Waals surface area contributed by atoms with Gasteiger partial charge in [-0.3, -0.25) is 0 Å². The van der Waals surface area contributed by atoms with Gasteiger partial charge in [0.15, 0.2) is 0 Å². The van der Waals surface area contributed by atoms with Crippen molar-refractivity contribution in [3.05, 3.63) is 18.2 Å². The number of aromatic nitrogens is 8. The maximum atomic E-state index is 5.20. The first kappa shape index (κ1) is 9.22. The van der Waals surface area contributed by atoms with Crippen LogP contribution in [-0.2, 0) is 0 Å². The average Bonchev–Trinajstić information content (AvgIpc) is 3.06. The van der Waals surface area contributed by atoms with Gasteiger partial charge in [-0.15, -0.1) is 10.2 Å². The van der Waals surface area contributed by atoms with Crippen LogP contribution in [0.4, 0.5) is 0 Å². The van der Waals surface area contributed by atoms with Crippen molar-refractivity contribution in [1.82, 2.24) is 40.1 Å². The highest BCUT2D eigenvalue weighted by molar-refractivity contribution is 5.84. The quantitative estimate of drug-likeness (QED) is 0.453. The molecule has 4 aromatic rings. The van der Waals surface area contributed by atoms with E-state index in [0.717, 1.165) is 11.0 Å². The number of hydrogen-bond donors (Lipinski definition) is 0. The molecule has 9 nitrogen and oxygen atoms in total. The standard InChI is InChI=1S/C9H6N8O/c1-18-5-2-3-6-7(4-5)17-9(11-13-15-17)8-10-12-14-16(6)8/h2-4H,1H3. The van der Waals surface area contributed by atoms with Crippen molar-refractivity contribution in [3.63, 3.8) is 0 Å². The molecule has 0 bridgehead atoms. The summed E-state index contributed by atoms with van der Waals surface area (Å²) in [7, 11) is 1.60. The largest absolute Gasteiger partial charge is 0.497 e. The topological polar surface area (TPSA) is 95.4 Å². The van der Waals surface area contributed by atoms with Gasteiger partial charge in [-0.05, 0) is 33.0 Å². The van der Waals surface area contributed by atoms with E-state index in [0.29, 0.717) is 17.0 Å². The second kappa shape index (κ2) is 3.09. The highest BCUT2D eigenvalue weighted by Crippen LogP contribution is 2.22. The minimum absolute atomic E-state index is 0.501. The smallest absolute Gasteiger partial charge is 0.226 e. The van der Waals surface area contributed by atoms with Crippen LogP contribution in [0.3, 0.4) is 0 Å². The molecule has 0 aliphatic heterocycles. The molecule has 9 heteroatoms. The lowest BCUT2D eigenvalue weighted by Crippen LogP contribution is -2.00. The summed E-state index contributed by atoms with van der Waals surface area (Å²) in [5.41, 5.74) is 2.59. The first-order valence-electron chi connectivity index (χ1n) is 5.14. The molecule has 0 aliphatic rings. The maximum Gasteiger partial charge on any atom is 0.226 e. The molecular weight excluding hydrogens is 236 g/mol. The van der Waals surface area contributed by atoms with Crippen LogP contribution >= 0.6 is 0 Å². The van der Waals surface area contributed by atoms with Crippen molar-refractivity contribution in [2.24, 2.45) is 0 Å². The zero-order chi connectivity index (χ0) is 12.1. The monoisotopic (exact) mass is 242 g/mol. The fraction of sp³-hybridized carbons (Fsp3) is 0.111. The van der Waals surface area contributed by atoms with Crippen LogP contribution in [0, 0.1) is 0 Å². The molecule has 0 fully saturated rings. The highest BCUT2D eigenvalue weighted by Gasteiger charge is 2.14. The van der Waals surface area contributed by atoms with E-state index in [9.17, 15) is 0 Å². The molecule has 0 unspecified atom stereocenters. The van der Waals surface area contributed by atoms with Crippen LogP contribution in [0.2, 0.25) is 0 Å². The number of nitrogens with zero attached hydrogens (tertiary/aromatic N) is 8. The van der Waals surface area contributed by atoms with Gasteiger partial charge in [-0.1, -0.05) is 0 Å². The third kappa shape index (κ3) is 0.998. The van der Waals surface area contributed by atoms with Gasteiger partial charge < -0.3 is 4.74 Å². The summed E-state index contributed by atoms with van der Waals surface area (Å²) >= 11 is 0. The minimum Gasteiger partial charge on any atom is -0.497 e. The Morgan fingerprint density at radius 1 is 0.944 bits per heavy atom. The molecule has 0 aliphatic carbocycles. The SMILES string of the molecule is COc1ccc2c(c1)n1nnnc1c1nnnn21. The summed E-state index contributed by atoms with van der Waals surface area (Å²) in [4.78, 5) is 0. The molecule has 3 heterocycles. The molecule has 88 valence electrons. The Hall–Kier alpha value is -2.84. The van der Waals surface area contributed by atoms with Crippen LogP contribution in [0.15, 0.2) is 18.2 Å². The fourth-order valence-corrected chi connectivity index (χ4v) is 1.96. The van der Waals surface area contributed by atoms with Crippen molar-refractivity contribution in [2.45, 2.75) is 0 Å². The van der Waals surface area contributed by atoms with Gasteiger partial charge in [0.25, 0.3) is 0 Å². The second-order valence-electron chi connectivity index (χ2n) is 3.68. The Kier molecular flexibility index (Phi) is 1.58. The fourth-order valence-electron chi connectivity index (χ4n) is 1.96. The van der Waals surface area contributed by atoms with E-state index in [1.165, 1.54) is 0 Å². The molecule has 0 amide bonds. The second-order valence-corrected chi connectivity index (χ2v) is 3.68. The predicted octanol–water partition coefficient (Wildman–Crippen LogP) is -0.276. The maximum absolute atomic E-state index is 5.20. The van der Waals surface area contributed by atoms with Gasteiger partial charge >= 0.3 is 0 Å². The summed E-state index contributed by atoms with van der Waals surface area (Å²) in [5.74, 6) is 0.715. The van der Waals surface area contributed by atoms with Crippen LogP contribution in [-0.4, -0.2) is 47.2 Å². The van der Waals surface area contributed by atoms with E-state index >= 15 is 0 Å². The number of ether oxygens (including phenoxy) is 1. The van der Waals surface area contributed by atoms with Crippen molar-refractivity contribution < 1.29 is 4.74 Å². The van der Waals surface area contributed by atoms with E-state index in [2.05, 4.69) is 31.1 Å². The predicted molar refractivity (Wildman–Crippen MR) is 59.2 cm³/mol. The molecule has 18 heavy (non-hydrogen) atoms. The van der Waals surface area contributed by atoms with E-state index in [4.69, 9.17) is 4.74 Å². The van der Waals surface area contributed by atoms with Crippen molar-refractivity contribution >= 4 is 22.3 Å². The lowest BCUT2D eigenvalue weighted by Gasteiger charge is -2.04. The normalized spacial score (nSPS) is 11.6. The Morgan fingerprint density at radius 2 is 1.61 bits per heavy atom. The van der Waals surface area contributed by atoms with Gasteiger partial charge in [0.2, 0.25) is 11.3 Å². The van der Waals surface area contributed by atoms with E-state index in [1.54, 1.807) is 16.1 Å². The van der Waals surface area contributed by atoms with Crippen LogP contribution in [0.1, 0.15) is 0 Å². The lowest BCUT2D eigenvalue weighted by atomic mass is 10.3. The number of fused-ring (bicyclic) bond motifs is 6. The zero-order valence-corrected chi connectivity index (χ0v) is 9.22. The number of benzene rings is 1. The van der Waals surface area contributed by atoms with Gasteiger partial charge in [0.05, 0.1) is 18.1 Å². The van der Waals surface area contributed by atoms with Crippen molar-refractivity contribution in [2.75, 3.05) is 7.11 Å². The minimum atomic E-state index is 0.501. The highest BCUT2D eigenvalue weighted by atomic mass is 16.5. The van der Waals surface area contributed by atoms with Gasteiger partial charge in [0.1, 0.15) is 5.75 Å². The van der Waals surface area contributed by atoms with E-state index < -0.39 is 0 Å². The van der Waals surface area contributed by atoms with E-state index in [1.807, 2.05) is 18.2 Å². The molecule has 1 aromatic carbocycles. The Labute approximate surface area is 99.0 Å². The third-order valence-electron chi connectivity index (χ3n) is 2.78. The molecule has 0 saturated heterocycles. The van der Waals surface area contributed by atoms with Gasteiger partial charge in [0, 0.05) is 6.07 Å². The van der Waals surface area contributed by atoms with Gasteiger partial charge in [-0.25, -0.2) is 0 Å². The number of methoxy groups -OCH3 is 1. The molecule has 3 aromatic heterocycles. The van der Waals surface area contributed by atoms with Crippen LogP contribution < -0.4 is 4.74 Å². The summed E-state index contributed by atoms with van der Waals surface area (Å²) in [5, 5.41) is 23.0. The molecule has 0 radical (unpaired) electrons. The van der Waals surface area contributed by atoms with Crippen LogP contribution in [0.25, 0.3) is 22.3 Å². The Morgan fingerprint density at radius 3 is 2.28 bits per heavy atom. The molecular formula is C9H6N8O. The van der Waals surface area contributed by atoms with Crippen molar-refractivity contribution in [1.29, 1.82) is 0 Å². The number of tetrazole rings is 2. The van der Waals surface area contributed by atoms with E-state index in [-0.39, 0.29) is 0 Å². The molecule has 4 rings (SSSR count). The average molecular weight is 242 g/mol. The van der Waals surface area contributed by atoms with Gasteiger partial charge in [-0.2, -0.15) is 9.03 Å². The number of rotatable bonds is 1. The summed E-state index contributed by atoms with van der Waals surface area (Å²) < 4.78 is 8.38. The third-order valence-corrected chi connectivity index (χ3v) is 2.78.